The molecule has 0 atom stereocenters. The van der Waals surface area contributed by atoms with Gasteiger partial charge >= 0.3 is 6.03 Å². The summed E-state index contributed by atoms with van der Waals surface area (Å²) in [7, 11) is 0. The number of hydrogen-bond donors (Lipinski definition) is 3. The zero-order valence-electron chi connectivity index (χ0n) is 16.7. The van der Waals surface area contributed by atoms with Crippen LogP contribution in [0.3, 0.4) is 0 Å². The second-order valence-corrected chi connectivity index (χ2v) is 6.91. The number of fused-ring (bicyclic) bond motifs is 1. The molecule has 0 saturated heterocycles. The van der Waals surface area contributed by atoms with Crippen LogP contribution in [0.4, 0.5) is 10.5 Å². The van der Waals surface area contributed by atoms with Crippen molar-refractivity contribution in [3.8, 4) is 0 Å². The van der Waals surface area contributed by atoms with Gasteiger partial charge in [-0.15, -0.1) is 12.4 Å². The smallest absolute Gasteiger partial charge is 0.317 e. The predicted octanol–water partition coefficient (Wildman–Crippen LogP) is 3.31. The Morgan fingerprint density at radius 2 is 1.76 bits per heavy atom. The van der Waals surface area contributed by atoms with Crippen molar-refractivity contribution in [1.82, 2.24) is 15.5 Å². The van der Waals surface area contributed by atoms with Gasteiger partial charge < -0.3 is 20.9 Å². The Hall–Kier alpha value is -2.57. The van der Waals surface area contributed by atoms with E-state index in [-0.39, 0.29) is 30.8 Å². The highest BCUT2D eigenvalue weighted by atomic mass is 35.5. The third kappa shape index (κ3) is 6.48. The first-order valence-electron chi connectivity index (χ1n) is 9.85. The van der Waals surface area contributed by atoms with E-state index in [2.05, 4.69) is 28.1 Å². The van der Waals surface area contributed by atoms with E-state index in [4.69, 9.17) is 0 Å². The second kappa shape index (κ2) is 11.4. The summed E-state index contributed by atoms with van der Waals surface area (Å²) in [6.07, 6.45) is 1.11. The number of urea groups is 1. The van der Waals surface area contributed by atoms with Gasteiger partial charge in [0.15, 0.2) is 0 Å². The van der Waals surface area contributed by atoms with Crippen molar-refractivity contribution in [3.63, 3.8) is 0 Å². The lowest BCUT2D eigenvalue weighted by molar-refractivity contribution is -0.116. The number of carbonyl (C=O) groups excluding carboxylic acids is 2. The Morgan fingerprint density at radius 3 is 2.55 bits per heavy atom. The number of amides is 3. The second-order valence-electron chi connectivity index (χ2n) is 6.91. The van der Waals surface area contributed by atoms with Gasteiger partial charge in [-0.2, -0.15) is 0 Å². The van der Waals surface area contributed by atoms with Gasteiger partial charge in [-0.1, -0.05) is 49.4 Å². The highest BCUT2D eigenvalue weighted by Gasteiger charge is 2.20. The van der Waals surface area contributed by atoms with Crippen LogP contribution in [0.5, 0.6) is 0 Å². The standard InChI is InChI=1S/C22H28N4O2.ClH/c1-2-23-15-18-8-5-6-10-20(18)25-21(27)11-13-24-22(28)26-14-12-17-7-3-4-9-19(17)16-26;/h3-10,23H,2,11-16H2,1H3,(H,24,28)(H,25,27);1H. The van der Waals surface area contributed by atoms with E-state index in [0.717, 1.165) is 24.2 Å². The van der Waals surface area contributed by atoms with E-state index in [1.807, 2.05) is 43.3 Å². The quantitative estimate of drug-likeness (QED) is 0.648. The van der Waals surface area contributed by atoms with Crippen LogP contribution in [-0.2, 0) is 24.3 Å². The highest BCUT2D eigenvalue weighted by molar-refractivity contribution is 5.91. The monoisotopic (exact) mass is 416 g/mol. The van der Waals surface area contributed by atoms with Crippen molar-refractivity contribution in [1.29, 1.82) is 0 Å². The average molecular weight is 417 g/mol. The third-order valence-corrected chi connectivity index (χ3v) is 4.90. The summed E-state index contributed by atoms with van der Waals surface area (Å²) in [5.41, 5.74) is 4.36. The van der Waals surface area contributed by atoms with Crippen LogP contribution in [0.1, 0.15) is 30.0 Å². The Kier molecular flexibility index (Phi) is 8.96. The normalized spacial score (nSPS) is 12.5. The van der Waals surface area contributed by atoms with E-state index in [1.54, 1.807) is 4.90 Å². The van der Waals surface area contributed by atoms with E-state index in [0.29, 0.717) is 26.2 Å². The van der Waals surface area contributed by atoms with Crippen LogP contribution in [0, 0.1) is 0 Å². The van der Waals surface area contributed by atoms with Crippen LogP contribution >= 0.6 is 12.4 Å². The number of benzene rings is 2. The molecule has 29 heavy (non-hydrogen) atoms. The number of nitrogens with one attached hydrogen (secondary N) is 3. The molecular formula is C22H29ClN4O2. The fourth-order valence-electron chi connectivity index (χ4n) is 3.33. The topological polar surface area (TPSA) is 73.5 Å². The minimum absolute atomic E-state index is 0. The van der Waals surface area contributed by atoms with E-state index in [9.17, 15) is 9.59 Å². The molecule has 2 aromatic rings. The number of halogens is 1. The van der Waals surface area contributed by atoms with Gasteiger partial charge in [0.05, 0.1) is 0 Å². The van der Waals surface area contributed by atoms with Gasteiger partial charge in [-0.3, -0.25) is 4.79 Å². The SMILES string of the molecule is CCNCc1ccccc1NC(=O)CCNC(=O)N1CCc2ccccc2C1.Cl. The summed E-state index contributed by atoms with van der Waals surface area (Å²) in [6.45, 7) is 5.26. The maximum atomic E-state index is 12.4. The van der Waals surface area contributed by atoms with Crippen molar-refractivity contribution in [2.75, 3.05) is 25.0 Å². The number of rotatable bonds is 7. The molecule has 1 aliphatic rings. The lowest BCUT2D eigenvalue weighted by Gasteiger charge is -2.28. The summed E-state index contributed by atoms with van der Waals surface area (Å²) in [4.78, 5) is 26.5. The van der Waals surface area contributed by atoms with Crippen molar-refractivity contribution in [2.45, 2.75) is 32.9 Å². The van der Waals surface area contributed by atoms with Gasteiger partial charge in [0, 0.05) is 38.3 Å². The summed E-state index contributed by atoms with van der Waals surface area (Å²) in [5, 5.41) is 9.07. The van der Waals surface area contributed by atoms with Crippen molar-refractivity contribution in [3.05, 3.63) is 65.2 Å². The predicted molar refractivity (Wildman–Crippen MR) is 118 cm³/mol. The zero-order valence-corrected chi connectivity index (χ0v) is 17.6. The first-order valence-corrected chi connectivity index (χ1v) is 9.85. The first-order chi connectivity index (χ1) is 13.7. The molecule has 7 heteroatoms. The number of para-hydroxylation sites is 1. The molecule has 0 aromatic heterocycles. The van der Waals surface area contributed by atoms with Gasteiger partial charge in [0.1, 0.15) is 0 Å². The summed E-state index contributed by atoms with van der Waals surface area (Å²) < 4.78 is 0. The molecule has 2 aromatic carbocycles. The summed E-state index contributed by atoms with van der Waals surface area (Å²) in [5.74, 6) is -0.103. The lowest BCUT2D eigenvalue weighted by atomic mass is 10.0. The fourth-order valence-corrected chi connectivity index (χ4v) is 3.33. The lowest BCUT2D eigenvalue weighted by Crippen LogP contribution is -2.43. The molecular weight excluding hydrogens is 388 g/mol. The van der Waals surface area contributed by atoms with Gasteiger partial charge in [0.25, 0.3) is 0 Å². The molecule has 0 radical (unpaired) electrons. The third-order valence-electron chi connectivity index (χ3n) is 4.90. The molecule has 3 rings (SSSR count). The molecule has 0 fully saturated rings. The largest absolute Gasteiger partial charge is 0.337 e. The van der Waals surface area contributed by atoms with Crippen LogP contribution in [0.25, 0.3) is 0 Å². The van der Waals surface area contributed by atoms with E-state index in [1.165, 1.54) is 11.1 Å². The number of carbonyl (C=O) groups is 2. The maximum Gasteiger partial charge on any atom is 0.317 e. The Bertz CT molecular complexity index is 828. The van der Waals surface area contributed by atoms with Crippen LogP contribution in [0.2, 0.25) is 0 Å². The molecule has 6 nitrogen and oxygen atoms in total. The summed E-state index contributed by atoms with van der Waals surface area (Å²) in [6, 6.07) is 15.8. The maximum absolute atomic E-state index is 12.4. The molecule has 0 unspecified atom stereocenters. The van der Waals surface area contributed by atoms with Crippen molar-refractivity contribution >= 4 is 30.0 Å². The van der Waals surface area contributed by atoms with Crippen molar-refractivity contribution in [2.24, 2.45) is 0 Å². The average Bonchev–Trinajstić information content (AvgIpc) is 2.72. The molecule has 0 aliphatic carbocycles. The van der Waals surface area contributed by atoms with E-state index < -0.39 is 0 Å². The minimum atomic E-state index is -0.116. The van der Waals surface area contributed by atoms with Gasteiger partial charge in [0.2, 0.25) is 5.91 Å². The molecule has 0 saturated carbocycles. The zero-order chi connectivity index (χ0) is 19.8. The molecule has 0 bridgehead atoms. The molecule has 0 spiro atoms. The minimum Gasteiger partial charge on any atom is -0.337 e. The molecule has 3 amide bonds. The van der Waals surface area contributed by atoms with Crippen LogP contribution in [0.15, 0.2) is 48.5 Å². The number of anilines is 1. The van der Waals surface area contributed by atoms with Crippen molar-refractivity contribution < 1.29 is 9.59 Å². The molecule has 1 aliphatic heterocycles. The van der Waals surface area contributed by atoms with Gasteiger partial charge in [-0.05, 0) is 35.7 Å². The Labute approximate surface area is 178 Å². The van der Waals surface area contributed by atoms with Gasteiger partial charge in [-0.25, -0.2) is 4.79 Å². The molecule has 1 heterocycles. The highest BCUT2D eigenvalue weighted by Crippen LogP contribution is 2.18. The fraction of sp³-hybridized carbons (Fsp3) is 0.364. The number of hydrogen-bond acceptors (Lipinski definition) is 3. The number of nitrogens with zero attached hydrogens (tertiary/aromatic N) is 1. The Balaban J connectivity index is 0.00000300. The first kappa shape index (κ1) is 22.7. The van der Waals surface area contributed by atoms with Crippen LogP contribution < -0.4 is 16.0 Å². The molecule has 156 valence electrons. The molecule has 3 N–H and O–H groups in total. The Morgan fingerprint density at radius 1 is 1.03 bits per heavy atom. The van der Waals surface area contributed by atoms with Crippen LogP contribution in [-0.4, -0.2) is 36.5 Å². The summed E-state index contributed by atoms with van der Waals surface area (Å²) >= 11 is 0. The van der Waals surface area contributed by atoms with E-state index >= 15 is 0 Å².